The van der Waals surface area contributed by atoms with Gasteiger partial charge >= 0.3 is 0 Å². The maximum Gasteiger partial charge on any atom is 0.222 e. The van der Waals surface area contributed by atoms with Crippen molar-refractivity contribution in [3.63, 3.8) is 0 Å². The first-order valence-electron chi connectivity index (χ1n) is 8.80. The SMILES string of the molecule is CC1(C)CC[C@@H]2C[C@@H](NC(=O)CCn3cncn3)c3cccc1c32. The Labute approximate surface area is 142 Å². The Morgan fingerprint density at radius 1 is 1.42 bits per heavy atom. The molecule has 0 unspecified atom stereocenters. The van der Waals surface area contributed by atoms with Crippen LogP contribution in [0.4, 0.5) is 0 Å². The number of carbonyl (C=O) groups excluding carboxylic acids is 1. The molecule has 2 aliphatic carbocycles. The third-order valence-corrected chi connectivity index (χ3v) is 5.66. The summed E-state index contributed by atoms with van der Waals surface area (Å²) in [6.45, 7) is 5.24. The second-order valence-corrected chi connectivity index (χ2v) is 7.69. The third-order valence-electron chi connectivity index (χ3n) is 5.66. The number of nitrogens with one attached hydrogen (secondary N) is 1. The number of benzene rings is 1. The topological polar surface area (TPSA) is 59.8 Å². The Morgan fingerprint density at radius 3 is 3.08 bits per heavy atom. The van der Waals surface area contributed by atoms with Crippen LogP contribution in [-0.2, 0) is 16.8 Å². The molecule has 0 saturated carbocycles. The van der Waals surface area contributed by atoms with Gasteiger partial charge in [-0.25, -0.2) is 4.98 Å². The zero-order valence-electron chi connectivity index (χ0n) is 14.3. The predicted molar refractivity (Wildman–Crippen MR) is 91.6 cm³/mol. The summed E-state index contributed by atoms with van der Waals surface area (Å²) < 4.78 is 1.69. The van der Waals surface area contributed by atoms with Crippen molar-refractivity contribution in [2.75, 3.05) is 0 Å². The van der Waals surface area contributed by atoms with E-state index in [0.29, 0.717) is 18.9 Å². The molecule has 0 bridgehead atoms. The van der Waals surface area contributed by atoms with E-state index in [9.17, 15) is 4.79 Å². The second-order valence-electron chi connectivity index (χ2n) is 7.69. The molecule has 5 nitrogen and oxygen atoms in total. The molecule has 24 heavy (non-hydrogen) atoms. The number of amides is 1. The van der Waals surface area contributed by atoms with Crippen molar-refractivity contribution < 1.29 is 4.79 Å². The monoisotopic (exact) mass is 324 g/mol. The summed E-state index contributed by atoms with van der Waals surface area (Å²) >= 11 is 0. The molecule has 1 N–H and O–H groups in total. The summed E-state index contributed by atoms with van der Waals surface area (Å²) in [7, 11) is 0. The van der Waals surface area contributed by atoms with Crippen molar-refractivity contribution in [2.45, 2.75) is 63.5 Å². The lowest BCUT2D eigenvalue weighted by molar-refractivity contribution is -0.122. The van der Waals surface area contributed by atoms with Gasteiger partial charge in [0.2, 0.25) is 5.91 Å². The van der Waals surface area contributed by atoms with Gasteiger partial charge in [-0.1, -0.05) is 32.0 Å². The van der Waals surface area contributed by atoms with E-state index in [1.165, 1.54) is 35.9 Å². The lowest BCUT2D eigenvalue weighted by Crippen LogP contribution is -2.28. The van der Waals surface area contributed by atoms with E-state index < -0.39 is 0 Å². The maximum atomic E-state index is 12.4. The summed E-state index contributed by atoms with van der Waals surface area (Å²) in [5, 5.41) is 7.29. The number of aryl methyl sites for hydroxylation is 1. The van der Waals surface area contributed by atoms with Crippen LogP contribution in [0.2, 0.25) is 0 Å². The normalized spacial score (nSPS) is 23.8. The van der Waals surface area contributed by atoms with Crippen LogP contribution in [0.5, 0.6) is 0 Å². The van der Waals surface area contributed by atoms with E-state index in [-0.39, 0.29) is 17.4 Å². The zero-order chi connectivity index (χ0) is 16.7. The van der Waals surface area contributed by atoms with E-state index in [4.69, 9.17) is 0 Å². The summed E-state index contributed by atoms with van der Waals surface area (Å²) in [6.07, 6.45) is 7.06. The Bertz CT molecular complexity index is 751. The highest BCUT2D eigenvalue weighted by atomic mass is 16.1. The predicted octanol–water partition coefficient (Wildman–Crippen LogP) is 3.08. The first-order valence-corrected chi connectivity index (χ1v) is 8.80. The van der Waals surface area contributed by atoms with Crippen LogP contribution in [0.15, 0.2) is 30.9 Å². The highest BCUT2D eigenvalue weighted by Crippen LogP contribution is 2.52. The Morgan fingerprint density at radius 2 is 2.29 bits per heavy atom. The van der Waals surface area contributed by atoms with E-state index in [1.54, 1.807) is 11.0 Å². The fraction of sp³-hybridized carbons (Fsp3) is 0.526. The molecule has 126 valence electrons. The summed E-state index contributed by atoms with van der Waals surface area (Å²) in [5.41, 5.74) is 4.57. The van der Waals surface area contributed by atoms with Crippen molar-refractivity contribution in [3.05, 3.63) is 47.5 Å². The van der Waals surface area contributed by atoms with E-state index in [1.807, 2.05) is 0 Å². The van der Waals surface area contributed by atoms with Gasteiger partial charge in [0.1, 0.15) is 12.7 Å². The third kappa shape index (κ3) is 2.62. The van der Waals surface area contributed by atoms with E-state index >= 15 is 0 Å². The average molecular weight is 324 g/mol. The lowest BCUT2D eigenvalue weighted by Gasteiger charge is -2.35. The Hall–Kier alpha value is -2.17. The van der Waals surface area contributed by atoms with Gasteiger partial charge in [-0.15, -0.1) is 0 Å². The molecule has 2 atom stereocenters. The van der Waals surface area contributed by atoms with Crippen LogP contribution in [0.3, 0.4) is 0 Å². The highest BCUT2D eigenvalue weighted by Gasteiger charge is 2.40. The molecule has 1 heterocycles. The van der Waals surface area contributed by atoms with Crippen molar-refractivity contribution in [1.29, 1.82) is 0 Å². The van der Waals surface area contributed by atoms with Gasteiger partial charge in [-0.3, -0.25) is 9.48 Å². The average Bonchev–Trinajstić information content (AvgIpc) is 3.19. The number of aromatic nitrogens is 3. The van der Waals surface area contributed by atoms with Crippen LogP contribution >= 0.6 is 0 Å². The van der Waals surface area contributed by atoms with Crippen molar-refractivity contribution in [3.8, 4) is 0 Å². The number of carbonyl (C=O) groups is 1. The molecular weight excluding hydrogens is 300 g/mol. The van der Waals surface area contributed by atoms with Gasteiger partial charge in [-0.05, 0) is 47.3 Å². The molecule has 1 amide bonds. The van der Waals surface area contributed by atoms with Gasteiger partial charge in [0.05, 0.1) is 12.6 Å². The molecular formula is C19H24N4O. The molecule has 0 spiro atoms. The minimum atomic E-state index is 0.0889. The van der Waals surface area contributed by atoms with E-state index in [0.717, 1.165) is 6.42 Å². The fourth-order valence-electron chi connectivity index (χ4n) is 4.36. The van der Waals surface area contributed by atoms with Gasteiger partial charge in [0, 0.05) is 6.42 Å². The Balaban J connectivity index is 1.49. The largest absolute Gasteiger partial charge is 0.349 e. The fourth-order valence-corrected chi connectivity index (χ4v) is 4.36. The van der Waals surface area contributed by atoms with Crippen LogP contribution in [0, 0.1) is 0 Å². The van der Waals surface area contributed by atoms with Gasteiger partial charge in [0.25, 0.3) is 0 Å². The maximum absolute atomic E-state index is 12.4. The smallest absolute Gasteiger partial charge is 0.222 e. The van der Waals surface area contributed by atoms with Gasteiger partial charge in [0.15, 0.2) is 0 Å². The second kappa shape index (κ2) is 5.72. The molecule has 1 aromatic heterocycles. The zero-order valence-corrected chi connectivity index (χ0v) is 14.3. The first-order chi connectivity index (χ1) is 11.5. The van der Waals surface area contributed by atoms with Crippen LogP contribution < -0.4 is 5.32 Å². The molecule has 1 aromatic carbocycles. The molecule has 0 fully saturated rings. The van der Waals surface area contributed by atoms with Crippen LogP contribution in [0.1, 0.15) is 68.2 Å². The quantitative estimate of drug-likeness (QED) is 0.940. The molecule has 0 aliphatic heterocycles. The molecule has 2 aliphatic rings. The summed E-state index contributed by atoms with van der Waals surface area (Å²) in [4.78, 5) is 16.3. The number of nitrogens with zero attached hydrogens (tertiary/aromatic N) is 3. The number of hydrogen-bond acceptors (Lipinski definition) is 3. The van der Waals surface area contributed by atoms with Crippen LogP contribution in [-0.4, -0.2) is 20.7 Å². The minimum Gasteiger partial charge on any atom is -0.349 e. The van der Waals surface area contributed by atoms with Gasteiger partial charge in [-0.2, -0.15) is 5.10 Å². The molecule has 0 saturated heterocycles. The first kappa shape index (κ1) is 15.4. The van der Waals surface area contributed by atoms with Crippen molar-refractivity contribution in [2.24, 2.45) is 0 Å². The van der Waals surface area contributed by atoms with Gasteiger partial charge < -0.3 is 5.32 Å². The minimum absolute atomic E-state index is 0.0889. The molecule has 4 rings (SSSR count). The molecule has 0 radical (unpaired) electrons. The van der Waals surface area contributed by atoms with E-state index in [2.05, 4.69) is 47.4 Å². The van der Waals surface area contributed by atoms with Crippen molar-refractivity contribution >= 4 is 5.91 Å². The lowest BCUT2D eigenvalue weighted by atomic mass is 9.69. The standard InChI is InChI=1S/C19H24N4O/c1-19(2)8-6-13-10-16(14-4-3-5-15(19)18(13)14)22-17(24)7-9-23-12-20-11-21-23/h3-5,11-13,16H,6-10H2,1-2H3,(H,22,24)/t13-,16-/m1/s1. The molecule has 2 aromatic rings. The van der Waals surface area contributed by atoms with Crippen LogP contribution in [0.25, 0.3) is 0 Å². The number of hydrogen-bond donors (Lipinski definition) is 1. The van der Waals surface area contributed by atoms with Crippen molar-refractivity contribution in [1.82, 2.24) is 20.1 Å². The Kier molecular flexibility index (Phi) is 3.66. The molecule has 5 heteroatoms. The highest BCUT2D eigenvalue weighted by molar-refractivity contribution is 5.76. The summed E-state index contributed by atoms with van der Waals surface area (Å²) in [5.74, 6) is 0.691. The number of rotatable bonds is 4. The summed E-state index contributed by atoms with van der Waals surface area (Å²) in [6, 6.07) is 6.78.